The molecule has 3 N–H and O–H groups in total. The van der Waals surface area contributed by atoms with Gasteiger partial charge in [-0.05, 0) is 26.2 Å². The lowest BCUT2D eigenvalue weighted by Gasteiger charge is -2.01. The van der Waals surface area contributed by atoms with Crippen LogP contribution in [0.15, 0.2) is 42.0 Å². The summed E-state index contributed by atoms with van der Waals surface area (Å²) in [6, 6.07) is -0.131. The summed E-state index contributed by atoms with van der Waals surface area (Å²) in [7, 11) is 0. The van der Waals surface area contributed by atoms with Crippen LogP contribution in [-0.2, 0) is 4.74 Å². The maximum Gasteiger partial charge on any atom is 0.310 e. The number of allylic oxidation sites excluding steroid dienone is 4. The minimum Gasteiger partial charge on any atom is -0.464 e. The van der Waals surface area contributed by atoms with Gasteiger partial charge in [0.15, 0.2) is 0 Å². The molecule has 0 bridgehead atoms. The van der Waals surface area contributed by atoms with Gasteiger partial charge < -0.3 is 10.5 Å². The van der Waals surface area contributed by atoms with Gasteiger partial charge in [-0.3, -0.25) is 0 Å². The van der Waals surface area contributed by atoms with Crippen LogP contribution in [0.4, 0.5) is 0 Å². The van der Waals surface area contributed by atoms with Crippen molar-refractivity contribution in [1.29, 1.82) is 5.41 Å². The van der Waals surface area contributed by atoms with E-state index in [1.807, 2.05) is 0 Å². The third-order valence-corrected chi connectivity index (χ3v) is 1.87. The van der Waals surface area contributed by atoms with Gasteiger partial charge >= 0.3 is 6.02 Å². The Morgan fingerprint density at radius 3 is 2.76 bits per heavy atom. The van der Waals surface area contributed by atoms with Crippen LogP contribution in [0.25, 0.3) is 0 Å². The molecular formula is C13H21N3O. The van der Waals surface area contributed by atoms with Crippen molar-refractivity contribution >= 4 is 11.9 Å². The Balaban J connectivity index is 3.53. The molecule has 0 rings (SSSR count). The highest BCUT2D eigenvalue weighted by Crippen LogP contribution is 2.01. The largest absolute Gasteiger partial charge is 0.464 e. The first-order valence-corrected chi connectivity index (χ1v) is 5.53. The van der Waals surface area contributed by atoms with Gasteiger partial charge in [0.1, 0.15) is 5.84 Å². The molecule has 0 aromatic rings. The van der Waals surface area contributed by atoms with Crippen LogP contribution in [-0.4, -0.2) is 18.5 Å². The van der Waals surface area contributed by atoms with E-state index in [4.69, 9.17) is 15.9 Å². The Kier molecular flexibility index (Phi) is 8.37. The fraction of sp³-hybridized carbons (Fsp3) is 0.385. The van der Waals surface area contributed by atoms with E-state index >= 15 is 0 Å². The highest BCUT2D eigenvalue weighted by Gasteiger charge is 1.93. The Labute approximate surface area is 103 Å². The quantitative estimate of drug-likeness (QED) is 0.234. The summed E-state index contributed by atoms with van der Waals surface area (Å²) >= 11 is 0. The molecule has 0 amide bonds. The number of ether oxygens (including phenoxy) is 1. The number of nitrogens with zero attached hydrogens (tertiary/aromatic N) is 1. The Morgan fingerprint density at radius 1 is 1.47 bits per heavy atom. The van der Waals surface area contributed by atoms with Gasteiger partial charge in [0.25, 0.3) is 0 Å². The van der Waals surface area contributed by atoms with E-state index in [0.717, 1.165) is 24.8 Å². The highest BCUT2D eigenvalue weighted by atomic mass is 16.5. The zero-order valence-electron chi connectivity index (χ0n) is 10.4. The van der Waals surface area contributed by atoms with Gasteiger partial charge in [0.05, 0.1) is 6.61 Å². The molecule has 0 spiro atoms. The van der Waals surface area contributed by atoms with Crippen molar-refractivity contribution in [3.8, 4) is 0 Å². The standard InChI is InChI=1S/C13H21N3O/c1-4-11(2)9-7-5-6-8-10-17-13(15)16-12(3)14/h4-5,7H,1-2,6,8-10H2,3H3,(H3,14,15,16). The van der Waals surface area contributed by atoms with Crippen molar-refractivity contribution in [3.63, 3.8) is 0 Å². The van der Waals surface area contributed by atoms with Crippen LogP contribution < -0.4 is 5.73 Å². The molecule has 0 fully saturated rings. The smallest absolute Gasteiger partial charge is 0.310 e. The second-order valence-electron chi connectivity index (χ2n) is 3.59. The Bertz CT molecular complexity index is 326. The SMILES string of the molecule is C=CC(=C)CC=CCCCOC(=N)N=C(C)N. The molecule has 0 aromatic heterocycles. The summed E-state index contributed by atoms with van der Waals surface area (Å²) in [5, 5.41) is 7.29. The van der Waals surface area contributed by atoms with E-state index in [9.17, 15) is 0 Å². The topological polar surface area (TPSA) is 71.5 Å². The molecule has 17 heavy (non-hydrogen) atoms. The van der Waals surface area contributed by atoms with Crippen LogP contribution in [0.3, 0.4) is 0 Å². The first kappa shape index (κ1) is 15.2. The van der Waals surface area contributed by atoms with Crippen molar-refractivity contribution in [1.82, 2.24) is 0 Å². The lowest BCUT2D eigenvalue weighted by molar-refractivity contribution is 0.292. The number of hydrogen-bond donors (Lipinski definition) is 2. The predicted octanol–water partition coefficient (Wildman–Crippen LogP) is 2.78. The van der Waals surface area contributed by atoms with E-state index in [1.54, 1.807) is 13.0 Å². The molecule has 0 saturated carbocycles. The zero-order valence-corrected chi connectivity index (χ0v) is 10.4. The molecule has 0 heterocycles. The van der Waals surface area contributed by atoms with E-state index in [0.29, 0.717) is 12.4 Å². The van der Waals surface area contributed by atoms with Crippen molar-refractivity contribution in [2.24, 2.45) is 10.7 Å². The highest BCUT2D eigenvalue weighted by molar-refractivity contribution is 5.89. The van der Waals surface area contributed by atoms with Crippen molar-refractivity contribution in [2.75, 3.05) is 6.61 Å². The lowest BCUT2D eigenvalue weighted by atomic mass is 10.2. The number of rotatable bonds is 7. The van der Waals surface area contributed by atoms with Crippen LogP contribution in [0.1, 0.15) is 26.2 Å². The van der Waals surface area contributed by atoms with Gasteiger partial charge in [0, 0.05) is 0 Å². The van der Waals surface area contributed by atoms with Gasteiger partial charge in [-0.15, -0.1) is 0 Å². The maximum absolute atomic E-state index is 7.29. The third kappa shape index (κ3) is 10.4. The van der Waals surface area contributed by atoms with Crippen molar-refractivity contribution in [2.45, 2.75) is 26.2 Å². The molecule has 0 atom stereocenters. The van der Waals surface area contributed by atoms with Crippen LogP contribution in [0.2, 0.25) is 0 Å². The summed E-state index contributed by atoms with van der Waals surface area (Å²) in [5.74, 6) is 0.331. The number of unbranched alkanes of at least 4 members (excludes halogenated alkanes) is 1. The normalized spacial score (nSPS) is 11.5. The van der Waals surface area contributed by atoms with Gasteiger partial charge in [-0.25, -0.2) is 5.41 Å². The molecule has 0 aliphatic carbocycles. The fourth-order valence-electron chi connectivity index (χ4n) is 0.998. The predicted molar refractivity (Wildman–Crippen MR) is 73.3 cm³/mol. The lowest BCUT2D eigenvalue weighted by Crippen LogP contribution is -2.11. The molecule has 0 unspecified atom stereocenters. The monoisotopic (exact) mass is 235 g/mol. The first-order chi connectivity index (χ1) is 8.06. The number of nitrogens with two attached hydrogens (primary N) is 1. The third-order valence-electron chi connectivity index (χ3n) is 1.87. The number of hydrogen-bond acceptors (Lipinski definition) is 2. The summed E-state index contributed by atoms with van der Waals surface area (Å²) in [6.45, 7) is 9.53. The molecular weight excluding hydrogens is 214 g/mol. The maximum atomic E-state index is 7.29. The number of aliphatic imine (C=N–C) groups is 1. The van der Waals surface area contributed by atoms with Crippen LogP contribution >= 0.6 is 0 Å². The molecule has 0 aliphatic rings. The average Bonchev–Trinajstić information content (AvgIpc) is 2.26. The summed E-state index contributed by atoms with van der Waals surface area (Å²) in [6.07, 6.45) is 8.46. The second-order valence-corrected chi connectivity index (χ2v) is 3.59. The second kappa shape index (κ2) is 9.39. The molecule has 4 nitrogen and oxygen atoms in total. The summed E-state index contributed by atoms with van der Waals surface area (Å²) in [5.41, 5.74) is 6.31. The molecule has 0 saturated heterocycles. The minimum absolute atomic E-state index is 0.131. The number of nitrogens with one attached hydrogen (secondary N) is 1. The zero-order chi connectivity index (χ0) is 13.1. The van der Waals surface area contributed by atoms with E-state index in [-0.39, 0.29) is 6.02 Å². The van der Waals surface area contributed by atoms with Gasteiger partial charge in [-0.1, -0.05) is 37.0 Å². The minimum atomic E-state index is -0.131. The summed E-state index contributed by atoms with van der Waals surface area (Å²) in [4.78, 5) is 3.66. The van der Waals surface area contributed by atoms with Crippen LogP contribution in [0.5, 0.6) is 0 Å². The molecule has 0 aliphatic heterocycles. The summed E-state index contributed by atoms with van der Waals surface area (Å²) < 4.78 is 5.05. The number of amidine groups is 2. The van der Waals surface area contributed by atoms with Crippen LogP contribution in [0, 0.1) is 5.41 Å². The molecule has 4 heteroatoms. The van der Waals surface area contributed by atoms with Crippen molar-refractivity contribution < 1.29 is 4.74 Å². The molecule has 94 valence electrons. The molecule has 0 radical (unpaired) electrons. The Hall–Kier alpha value is -1.84. The van der Waals surface area contributed by atoms with E-state index < -0.39 is 0 Å². The average molecular weight is 235 g/mol. The van der Waals surface area contributed by atoms with Gasteiger partial charge in [-0.2, -0.15) is 4.99 Å². The van der Waals surface area contributed by atoms with E-state index in [2.05, 4.69) is 30.3 Å². The van der Waals surface area contributed by atoms with E-state index in [1.165, 1.54) is 0 Å². The van der Waals surface area contributed by atoms with Gasteiger partial charge in [0.2, 0.25) is 0 Å². The Morgan fingerprint density at radius 2 is 2.18 bits per heavy atom. The fourth-order valence-corrected chi connectivity index (χ4v) is 0.998. The molecule has 0 aromatic carbocycles. The van der Waals surface area contributed by atoms with Crippen molar-refractivity contribution in [3.05, 3.63) is 37.0 Å². The first-order valence-electron chi connectivity index (χ1n) is 5.53.